The molecule has 126 valence electrons. The van der Waals surface area contributed by atoms with E-state index < -0.39 is 0 Å². The molecule has 0 saturated heterocycles. The first-order valence-electron chi connectivity index (χ1n) is 7.68. The second-order valence-electron chi connectivity index (χ2n) is 5.54. The van der Waals surface area contributed by atoms with Gasteiger partial charge in [0.2, 0.25) is 0 Å². The van der Waals surface area contributed by atoms with Crippen molar-refractivity contribution in [3.05, 3.63) is 52.8 Å². The fourth-order valence-corrected chi connectivity index (χ4v) is 2.39. The fourth-order valence-electron chi connectivity index (χ4n) is 2.39. The molecule has 0 bridgehead atoms. The van der Waals surface area contributed by atoms with E-state index in [2.05, 4.69) is 10.4 Å². The number of halogens is 1. The summed E-state index contributed by atoms with van der Waals surface area (Å²) in [6, 6.07) is 9.74. The Hall–Kier alpha value is -1.85. The summed E-state index contributed by atoms with van der Waals surface area (Å²) in [5.41, 5.74) is 9.33. The smallest absolute Gasteiger partial charge is 0.251 e. The zero-order chi connectivity index (χ0) is 15.9. The van der Waals surface area contributed by atoms with Gasteiger partial charge in [-0.15, -0.1) is 12.4 Å². The molecule has 0 fully saturated rings. The van der Waals surface area contributed by atoms with Crippen LogP contribution in [-0.2, 0) is 6.54 Å². The average molecular weight is 337 g/mol. The van der Waals surface area contributed by atoms with Gasteiger partial charge >= 0.3 is 0 Å². The van der Waals surface area contributed by atoms with Crippen LogP contribution in [0.5, 0.6) is 0 Å². The third kappa shape index (κ3) is 5.69. The third-order valence-corrected chi connectivity index (χ3v) is 3.54. The molecule has 0 atom stereocenters. The van der Waals surface area contributed by atoms with Crippen molar-refractivity contribution in [2.75, 3.05) is 13.1 Å². The first-order chi connectivity index (χ1) is 10.6. The van der Waals surface area contributed by atoms with Crippen LogP contribution < -0.4 is 11.1 Å². The zero-order valence-electron chi connectivity index (χ0n) is 13.7. The molecule has 5 nitrogen and oxygen atoms in total. The van der Waals surface area contributed by atoms with E-state index in [4.69, 9.17) is 5.73 Å². The van der Waals surface area contributed by atoms with Gasteiger partial charge < -0.3 is 11.1 Å². The summed E-state index contributed by atoms with van der Waals surface area (Å²) >= 11 is 0. The van der Waals surface area contributed by atoms with Crippen molar-refractivity contribution in [3.63, 3.8) is 0 Å². The number of nitrogens with zero attached hydrogens (tertiary/aromatic N) is 2. The van der Waals surface area contributed by atoms with Crippen LogP contribution in [0.1, 0.15) is 40.2 Å². The predicted octanol–water partition coefficient (Wildman–Crippen LogP) is 2.44. The second-order valence-corrected chi connectivity index (χ2v) is 5.54. The van der Waals surface area contributed by atoms with Gasteiger partial charge in [-0.3, -0.25) is 9.48 Å². The molecular formula is C17H25ClN4O. The lowest BCUT2D eigenvalue weighted by Crippen LogP contribution is -2.25. The summed E-state index contributed by atoms with van der Waals surface area (Å²) in [5, 5.41) is 7.38. The highest BCUT2D eigenvalue weighted by Crippen LogP contribution is 2.10. The molecule has 0 aliphatic rings. The average Bonchev–Trinajstić information content (AvgIpc) is 2.81. The summed E-state index contributed by atoms with van der Waals surface area (Å²) in [7, 11) is 0. The normalized spacial score (nSPS) is 10.2. The van der Waals surface area contributed by atoms with Crippen LogP contribution in [0.15, 0.2) is 30.3 Å². The van der Waals surface area contributed by atoms with Crippen LogP contribution in [0.3, 0.4) is 0 Å². The largest absolute Gasteiger partial charge is 0.352 e. The van der Waals surface area contributed by atoms with Crippen LogP contribution in [0.25, 0.3) is 0 Å². The lowest BCUT2D eigenvalue weighted by atomic mass is 10.1. The second kappa shape index (κ2) is 9.33. The maximum absolute atomic E-state index is 12.1. The minimum Gasteiger partial charge on any atom is -0.352 e. The van der Waals surface area contributed by atoms with Crippen LogP contribution in [-0.4, -0.2) is 28.8 Å². The first kappa shape index (κ1) is 19.2. The van der Waals surface area contributed by atoms with Gasteiger partial charge in [0.15, 0.2) is 0 Å². The quantitative estimate of drug-likeness (QED) is 0.763. The highest BCUT2D eigenvalue weighted by molar-refractivity contribution is 5.94. The van der Waals surface area contributed by atoms with Gasteiger partial charge in [-0.05, 0) is 57.0 Å². The molecule has 1 heterocycles. The molecule has 0 aliphatic heterocycles. The lowest BCUT2D eigenvalue weighted by Gasteiger charge is -2.08. The maximum atomic E-state index is 12.1. The molecule has 3 N–H and O–H groups in total. The van der Waals surface area contributed by atoms with Gasteiger partial charge in [0, 0.05) is 17.8 Å². The number of hydrogen-bond acceptors (Lipinski definition) is 3. The topological polar surface area (TPSA) is 72.9 Å². The summed E-state index contributed by atoms with van der Waals surface area (Å²) < 4.78 is 1.95. The van der Waals surface area contributed by atoms with Gasteiger partial charge in [0.05, 0.1) is 12.2 Å². The third-order valence-electron chi connectivity index (χ3n) is 3.54. The van der Waals surface area contributed by atoms with Gasteiger partial charge in [0.25, 0.3) is 5.91 Å². The molecule has 1 aromatic carbocycles. The van der Waals surface area contributed by atoms with E-state index in [1.54, 1.807) is 0 Å². The molecule has 1 amide bonds. The number of unbranched alkanes of at least 4 members (excludes halogenated alkanes) is 1. The summed E-state index contributed by atoms with van der Waals surface area (Å²) in [6.07, 6.45) is 1.84. The van der Waals surface area contributed by atoms with Crippen LogP contribution in [0.2, 0.25) is 0 Å². The number of hydrogen-bond donors (Lipinski definition) is 2. The van der Waals surface area contributed by atoms with Crippen molar-refractivity contribution in [2.45, 2.75) is 33.2 Å². The fraction of sp³-hybridized carbons (Fsp3) is 0.412. The Morgan fingerprint density at radius 2 is 2.04 bits per heavy atom. The van der Waals surface area contributed by atoms with E-state index in [1.807, 2.05) is 48.9 Å². The molecule has 2 rings (SSSR count). The summed E-state index contributed by atoms with van der Waals surface area (Å²) in [4.78, 5) is 12.1. The maximum Gasteiger partial charge on any atom is 0.251 e. The predicted molar refractivity (Wildman–Crippen MR) is 95.1 cm³/mol. The molecule has 1 aromatic heterocycles. The number of carbonyl (C=O) groups is 1. The first-order valence-corrected chi connectivity index (χ1v) is 7.68. The Morgan fingerprint density at radius 3 is 2.70 bits per heavy atom. The number of aryl methyl sites for hydroxylation is 2. The van der Waals surface area contributed by atoms with Crippen LogP contribution in [0.4, 0.5) is 0 Å². The van der Waals surface area contributed by atoms with Crippen LogP contribution >= 0.6 is 12.4 Å². The molecule has 0 spiro atoms. The van der Waals surface area contributed by atoms with Gasteiger partial charge in [0.1, 0.15) is 0 Å². The summed E-state index contributed by atoms with van der Waals surface area (Å²) in [6.45, 7) is 6.02. The number of amides is 1. The number of carbonyl (C=O) groups excluding carboxylic acids is 1. The molecule has 0 aliphatic carbocycles. The SMILES string of the molecule is Cc1cc(C)n(Cc2cccc(C(=O)NCCCCN)c2)n1.Cl. The Bertz CT molecular complexity index is 639. The van der Waals surface area contributed by atoms with Crippen molar-refractivity contribution in [2.24, 2.45) is 5.73 Å². The van der Waals surface area contributed by atoms with Gasteiger partial charge in [-0.1, -0.05) is 12.1 Å². The highest BCUT2D eigenvalue weighted by Gasteiger charge is 2.07. The molecule has 0 unspecified atom stereocenters. The zero-order valence-corrected chi connectivity index (χ0v) is 14.5. The molecule has 0 saturated carbocycles. The molecule has 6 heteroatoms. The number of aromatic nitrogens is 2. The molecule has 0 radical (unpaired) electrons. The van der Waals surface area contributed by atoms with Crippen molar-refractivity contribution < 1.29 is 4.79 Å². The van der Waals surface area contributed by atoms with E-state index in [0.29, 0.717) is 25.2 Å². The lowest BCUT2D eigenvalue weighted by molar-refractivity contribution is 0.0953. The van der Waals surface area contributed by atoms with E-state index >= 15 is 0 Å². The minimum atomic E-state index is -0.0350. The van der Waals surface area contributed by atoms with Gasteiger partial charge in [-0.2, -0.15) is 5.10 Å². The molecular weight excluding hydrogens is 312 g/mol. The standard InChI is InChI=1S/C17H24N4O.ClH/c1-13-10-14(2)21(20-13)12-15-6-5-7-16(11-15)17(22)19-9-4-3-8-18;/h5-7,10-11H,3-4,8-9,12,18H2,1-2H3,(H,19,22);1H. The van der Waals surface area contributed by atoms with Crippen LogP contribution in [0, 0.1) is 13.8 Å². The van der Waals surface area contributed by atoms with Gasteiger partial charge in [-0.25, -0.2) is 0 Å². The highest BCUT2D eigenvalue weighted by atomic mass is 35.5. The Balaban J connectivity index is 0.00000264. The monoisotopic (exact) mass is 336 g/mol. The van der Waals surface area contributed by atoms with Crippen molar-refractivity contribution in [1.29, 1.82) is 0 Å². The number of benzene rings is 1. The van der Waals surface area contributed by atoms with E-state index in [9.17, 15) is 4.79 Å². The van der Waals surface area contributed by atoms with Crippen molar-refractivity contribution in [3.8, 4) is 0 Å². The number of nitrogens with two attached hydrogens (primary N) is 1. The Labute approximate surface area is 143 Å². The van der Waals surface area contributed by atoms with E-state index in [-0.39, 0.29) is 18.3 Å². The summed E-state index contributed by atoms with van der Waals surface area (Å²) in [5.74, 6) is -0.0350. The van der Waals surface area contributed by atoms with E-state index in [0.717, 1.165) is 29.8 Å². The van der Waals surface area contributed by atoms with Crippen molar-refractivity contribution in [1.82, 2.24) is 15.1 Å². The van der Waals surface area contributed by atoms with E-state index in [1.165, 1.54) is 0 Å². The number of rotatable bonds is 7. The number of nitrogens with one attached hydrogen (secondary N) is 1. The van der Waals surface area contributed by atoms with Crippen molar-refractivity contribution >= 4 is 18.3 Å². The minimum absolute atomic E-state index is 0. The molecule has 23 heavy (non-hydrogen) atoms. The Morgan fingerprint density at radius 1 is 1.26 bits per heavy atom. The Kier molecular flexibility index (Phi) is 7.78. The molecule has 2 aromatic rings.